The van der Waals surface area contributed by atoms with Gasteiger partial charge >= 0.3 is 5.97 Å². The predicted molar refractivity (Wildman–Crippen MR) is 56.3 cm³/mol. The topological polar surface area (TPSA) is 64.6 Å². The lowest BCUT2D eigenvalue weighted by Crippen LogP contribution is -2.44. The van der Waals surface area contributed by atoms with Crippen LogP contribution >= 0.6 is 0 Å². The SMILES string of the molecule is C#CC[C@@H](NC(=O)[C@@H]1CCOC1)C(=O)OC. The van der Waals surface area contributed by atoms with Crippen LogP contribution < -0.4 is 5.32 Å². The molecule has 1 fully saturated rings. The number of terminal acetylenes is 1. The molecule has 16 heavy (non-hydrogen) atoms. The van der Waals surface area contributed by atoms with Crippen molar-refractivity contribution in [3.05, 3.63) is 0 Å². The van der Waals surface area contributed by atoms with Crippen LogP contribution in [0.4, 0.5) is 0 Å². The summed E-state index contributed by atoms with van der Waals surface area (Å²) in [5.74, 6) is 1.41. The van der Waals surface area contributed by atoms with Gasteiger partial charge in [-0.05, 0) is 6.42 Å². The number of hydrogen-bond acceptors (Lipinski definition) is 4. The van der Waals surface area contributed by atoms with E-state index in [2.05, 4.69) is 16.0 Å². The summed E-state index contributed by atoms with van der Waals surface area (Å²) < 4.78 is 9.64. The second-order valence-electron chi connectivity index (χ2n) is 3.55. The van der Waals surface area contributed by atoms with Gasteiger partial charge in [-0.1, -0.05) is 0 Å². The minimum Gasteiger partial charge on any atom is -0.467 e. The predicted octanol–water partition coefficient (Wildman–Crippen LogP) is -0.296. The van der Waals surface area contributed by atoms with Gasteiger partial charge in [0, 0.05) is 13.0 Å². The lowest BCUT2D eigenvalue weighted by atomic mass is 10.1. The molecule has 1 heterocycles. The Balaban J connectivity index is 2.50. The van der Waals surface area contributed by atoms with Gasteiger partial charge in [0.15, 0.2) is 0 Å². The molecule has 1 saturated heterocycles. The zero-order valence-electron chi connectivity index (χ0n) is 9.19. The summed E-state index contributed by atoms with van der Waals surface area (Å²) in [4.78, 5) is 23.0. The monoisotopic (exact) mass is 225 g/mol. The summed E-state index contributed by atoms with van der Waals surface area (Å²) in [5.41, 5.74) is 0. The number of amides is 1. The maximum absolute atomic E-state index is 11.7. The smallest absolute Gasteiger partial charge is 0.329 e. The first-order valence-corrected chi connectivity index (χ1v) is 5.08. The van der Waals surface area contributed by atoms with Crippen LogP contribution in [0.15, 0.2) is 0 Å². The third-order valence-electron chi connectivity index (χ3n) is 2.42. The maximum Gasteiger partial charge on any atom is 0.329 e. The van der Waals surface area contributed by atoms with Gasteiger partial charge in [-0.2, -0.15) is 0 Å². The summed E-state index contributed by atoms with van der Waals surface area (Å²) in [6.07, 6.45) is 5.92. The van der Waals surface area contributed by atoms with Crippen molar-refractivity contribution in [2.45, 2.75) is 18.9 Å². The normalized spacial score (nSPS) is 20.9. The van der Waals surface area contributed by atoms with Crippen molar-refractivity contribution in [2.24, 2.45) is 5.92 Å². The fourth-order valence-electron chi connectivity index (χ4n) is 1.48. The summed E-state index contributed by atoms with van der Waals surface area (Å²) in [6.45, 7) is 0.978. The first-order chi connectivity index (χ1) is 7.69. The quantitative estimate of drug-likeness (QED) is 0.527. The van der Waals surface area contributed by atoms with Crippen molar-refractivity contribution in [1.82, 2.24) is 5.32 Å². The van der Waals surface area contributed by atoms with Crippen molar-refractivity contribution in [2.75, 3.05) is 20.3 Å². The Hall–Kier alpha value is -1.54. The molecule has 0 saturated carbocycles. The molecule has 0 aromatic heterocycles. The first-order valence-electron chi connectivity index (χ1n) is 5.08. The highest BCUT2D eigenvalue weighted by atomic mass is 16.5. The van der Waals surface area contributed by atoms with E-state index < -0.39 is 12.0 Å². The summed E-state index contributed by atoms with van der Waals surface area (Å²) in [7, 11) is 1.26. The zero-order valence-corrected chi connectivity index (χ0v) is 9.19. The van der Waals surface area contributed by atoms with Crippen LogP contribution in [0.3, 0.4) is 0 Å². The molecule has 0 unspecified atom stereocenters. The lowest BCUT2D eigenvalue weighted by Gasteiger charge is -2.16. The van der Waals surface area contributed by atoms with E-state index >= 15 is 0 Å². The Morgan fingerprint density at radius 2 is 2.44 bits per heavy atom. The van der Waals surface area contributed by atoms with E-state index in [1.165, 1.54) is 7.11 Å². The molecule has 1 amide bonds. The minimum absolute atomic E-state index is 0.131. The second-order valence-corrected chi connectivity index (χ2v) is 3.55. The molecule has 0 spiro atoms. The molecule has 5 nitrogen and oxygen atoms in total. The van der Waals surface area contributed by atoms with Gasteiger partial charge in [0.2, 0.25) is 5.91 Å². The average Bonchev–Trinajstić information content (AvgIpc) is 2.80. The van der Waals surface area contributed by atoms with Crippen molar-refractivity contribution in [1.29, 1.82) is 0 Å². The lowest BCUT2D eigenvalue weighted by molar-refractivity contribution is -0.145. The van der Waals surface area contributed by atoms with Crippen LogP contribution in [0.5, 0.6) is 0 Å². The fourth-order valence-corrected chi connectivity index (χ4v) is 1.48. The summed E-state index contributed by atoms with van der Waals surface area (Å²) in [5, 5.41) is 2.57. The number of carbonyl (C=O) groups is 2. The molecular formula is C11H15NO4. The van der Waals surface area contributed by atoms with Crippen molar-refractivity contribution in [3.63, 3.8) is 0 Å². The highest BCUT2D eigenvalue weighted by Crippen LogP contribution is 2.12. The number of carbonyl (C=O) groups excluding carboxylic acids is 2. The molecule has 88 valence electrons. The molecule has 1 N–H and O–H groups in total. The maximum atomic E-state index is 11.7. The largest absolute Gasteiger partial charge is 0.467 e. The summed E-state index contributed by atoms with van der Waals surface area (Å²) >= 11 is 0. The van der Waals surface area contributed by atoms with E-state index in [-0.39, 0.29) is 18.2 Å². The van der Waals surface area contributed by atoms with E-state index in [0.29, 0.717) is 19.6 Å². The molecule has 1 rings (SSSR count). The number of esters is 1. The van der Waals surface area contributed by atoms with Gasteiger partial charge in [0.25, 0.3) is 0 Å². The number of rotatable bonds is 4. The van der Waals surface area contributed by atoms with E-state index in [0.717, 1.165) is 0 Å². The standard InChI is InChI=1S/C11H15NO4/c1-3-4-9(11(14)15-2)12-10(13)8-5-6-16-7-8/h1,8-9H,4-7H2,2H3,(H,12,13)/t8-,9-/m1/s1. The van der Waals surface area contributed by atoms with Crippen LogP contribution in [0, 0.1) is 18.3 Å². The van der Waals surface area contributed by atoms with Crippen LogP contribution in [-0.2, 0) is 19.1 Å². The van der Waals surface area contributed by atoms with Crippen molar-refractivity contribution < 1.29 is 19.1 Å². The number of hydrogen-bond donors (Lipinski definition) is 1. The number of ether oxygens (including phenoxy) is 2. The van der Waals surface area contributed by atoms with Crippen LogP contribution in [-0.4, -0.2) is 38.2 Å². The molecule has 0 bridgehead atoms. The van der Waals surface area contributed by atoms with E-state index in [1.807, 2.05) is 0 Å². The fraction of sp³-hybridized carbons (Fsp3) is 0.636. The van der Waals surface area contributed by atoms with Crippen LogP contribution in [0.2, 0.25) is 0 Å². The van der Waals surface area contributed by atoms with Gasteiger partial charge in [0.1, 0.15) is 6.04 Å². The Morgan fingerprint density at radius 3 is 2.94 bits per heavy atom. The summed E-state index contributed by atoms with van der Waals surface area (Å²) in [6, 6.07) is -0.761. The van der Waals surface area contributed by atoms with Crippen molar-refractivity contribution in [3.8, 4) is 12.3 Å². The Morgan fingerprint density at radius 1 is 1.69 bits per heavy atom. The van der Waals surface area contributed by atoms with Crippen molar-refractivity contribution >= 4 is 11.9 Å². The number of methoxy groups -OCH3 is 1. The minimum atomic E-state index is -0.761. The third-order valence-corrected chi connectivity index (χ3v) is 2.42. The van der Waals surface area contributed by atoms with E-state index in [1.54, 1.807) is 0 Å². The molecule has 2 atom stereocenters. The van der Waals surface area contributed by atoms with Crippen LogP contribution in [0.1, 0.15) is 12.8 Å². The second kappa shape index (κ2) is 6.13. The highest BCUT2D eigenvalue weighted by Gasteiger charge is 2.28. The van der Waals surface area contributed by atoms with E-state index in [4.69, 9.17) is 11.2 Å². The Bertz CT molecular complexity index is 302. The van der Waals surface area contributed by atoms with Gasteiger partial charge < -0.3 is 14.8 Å². The molecule has 5 heteroatoms. The molecule has 1 aliphatic heterocycles. The molecule has 0 aromatic rings. The molecule has 0 aliphatic carbocycles. The molecule has 1 aliphatic rings. The Kier molecular flexibility index (Phi) is 4.80. The van der Waals surface area contributed by atoms with E-state index in [9.17, 15) is 9.59 Å². The molecular weight excluding hydrogens is 210 g/mol. The van der Waals surface area contributed by atoms with Gasteiger partial charge in [-0.3, -0.25) is 4.79 Å². The zero-order chi connectivity index (χ0) is 12.0. The van der Waals surface area contributed by atoms with Gasteiger partial charge in [-0.25, -0.2) is 4.79 Å². The number of nitrogens with one attached hydrogen (secondary N) is 1. The highest BCUT2D eigenvalue weighted by molar-refractivity contribution is 5.86. The third kappa shape index (κ3) is 3.24. The Labute approximate surface area is 94.5 Å². The molecule has 0 radical (unpaired) electrons. The van der Waals surface area contributed by atoms with Gasteiger partial charge in [0.05, 0.1) is 19.6 Å². The van der Waals surface area contributed by atoms with Gasteiger partial charge in [-0.15, -0.1) is 12.3 Å². The average molecular weight is 225 g/mol. The van der Waals surface area contributed by atoms with Crippen LogP contribution in [0.25, 0.3) is 0 Å². The first kappa shape index (κ1) is 12.5. The molecule has 0 aromatic carbocycles.